The van der Waals surface area contributed by atoms with E-state index in [1.165, 1.54) is 0 Å². The smallest absolute Gasteiger partial charge is 0.303 e. The lowest BCUT2D eigenvalue weighted by Crippen LogP contribution is -2.65. The van der Waals surface area contributed by atoms with Crippen LogP contribution in [0.3, 0.4) is 0 Å². The topological polar surface area (TPSA) is 168 Å². The van der Waals surface area contributed by atoms with E-state index >= 15 is 0 Å². The van der Waals surface area contributed by atoms with Gasteiger partial charge in [-0.25, -0.2) is 0 Å². The molecular formula is C12H17N3O8. The van der Waals surface area contributed by atoms with Crippen LogP contribution in [0.15, 0.2) is 5.11 Å². The molecule has 11 heteroatoms. The summed E-state index contributed by atoms with van der Waals surface area (Å²) in [6.07, 6.45) is -7.80. The van der Waals surface area contributed by atoms with Gasteiger partial charge >= 0.3 is 17.9 Å². The molecule has 0 spiro atoms. The van der Waals surface area contributed by atoms with Crippen molar-refractivity contribution in [3.63, 3.8) is 0 Å². The molecule has 0 saturated heterocycles. The van der Waals surface area contributed by atoms with Crippen LogP contribution in [0, 0.1) is 0 Å². The van der Waals surface area contributed by atoms with Gasteiger partial charge in [-0.1, -0.05) is 5.11 Å². The Morgan fingerprint density at radius 3 is 1.74 bits per heavy atom. The van der Waals surface area contributed by atoms with E-state index in [1.54, 1.807) is 0 Å². The zero-order valence-corrected chi connectivity index (χ0v) is 12.6. The van der Waals surface area contributed by atoms with E-state index in [4.69, 9.17) is 19.7 Å². The molecule has 0 aromatic carbocycles. The summed E-state index contributed by atoms with van der Waals surface area (Å²) in [5.74, 6) is -2.44. The van der Waals surface area contributed by atoms with Crippen molar-refractivity contribution in [3.05, 3.63) is 10.4 Å². The highest BCUT2D eigenvalue weighted by molar-refractivity contribution is 5.68. The Labute approximate surface area is 130 Å². The fraction of sp³-hybridized carbons (Fsp3) is 0.750. The van der Waals surface area contributed by atoms with Gasteiger partial charge in [0.25, 0.3) is 0 Å². The van der Waals surface area contributed by atoms with Crippen molar-refractivity contribution in [2.45, 2.75) is 57.3 Å². The van der Waals surface area contributed by atoms with Gasteiger partial charge in [0, 0.05) is 25.7 Å². The van der Waals surface area contributed by atoms with Crippen molar-refractivity contribution in [1.82, 2.24) is 0 Å². The van der Waals surface area contributed by atoms with Crippen LogP contribution in [0.4, 0.5) is 0 Å². The number of esters is 3. The van der Waals surface area contributed by atoms with E-state index in [-0.39, 0.29) is 0 Å². The second-order valence-electron chi connectivity index (χ2n) is 4.90. The van der Waals surface area contributed by atoms with Crippen LogP contribution in [0.5, 0.6) is 0 Å². The molecule has 1 aliphatic carbocycles. The van der Waals surface area contributed by atoms with Gasteiger partial charge in [-0.05, 0) is 5.53 Å². The van der Waals surface area contributed by atoms with Crippen LogP contribution in [-0.4, -0.2) is 64.7 Å². The largest absolute Gasteiger partial charge is 0.458 e. The van der Waals surface area contributed by atoms with Crippen LogP contribution < -0.4 is 0 Å². The molecule has 2 N–H and O–H groups in total. The fourth-order valence-corrected chi connectivity index (χ4v) is 2.34. The lowest BCUT2D eigenvalue weighted by molar-refractivity contribution is -0.223. The molecule has 0 aliphatic heterocycles. The number of carbonyl (C=O) groups is 3. The number of aliphatic hydroxyl groups is 2. The Morgan fingerprint density at radius 1 is 0.870 bits per heavy atom. The SMILES string of the molecule is CC(=O)O[C@H]1[C@H](OC(C)=O)[C@@H](O)[C@@H](O)[C@@H](N=[N+]=[N-])[C@@H]1OC(C)=O. The van der Waals surface area contributed by atoms with Gasteiger partial charge in [0.15, 0.2) is 18.3 Å². The lowest BCUT2D eigenvalue weighted by atomic mass is 9.83. The quantitative estimate of drug-likeness (QED) is 0.222. The molecule has 23 heavy (non-hydrogen) atoms. The lowest BCUT2D eigenvalue weighted by Gasteiger charge is -2.44. The first-order chi connectivity index (χ1) is 10.7. The molecule has 0 aromatic heterocycles. The van der Waals surface area contributed by atoms with E-state index in [1.807, 2.05) is 0 Å². The van der Waals surface area contributed by atoms with E-state index in [0.717, 1.165) is 20.8 Å². The van der Waals surface area contributed by atoms with Crippen LogP contribution in [0.2, 0.25) is 0 Å². The molecular weight excluding hydrogens is 314 g/mol. The van der Waals surface area contributed by atoms with Gasteiger partial charge in [0.05, 0.1) is 6.10 Å². The Morgan fingerprint density at radius 2 is 1.30 bits per heavy atom. The number of hydrogen-bond acceptors (Lipinski definition) is 9. The predicted octanol–water partition coefficient (Wildman–Crippen LogP) is -0.804. The summed E-state index contributed by atoms with van der Waals surface area (Å²) in [5.41, 5.74) is 8.59. The van der Waals surface area contributed by atoms with Gasteiger partial charge in [-0.3, -0.25) is 14.4 Å². The molecule has 0 heterocycles. The van der Waals surface area contributed by atoms with Crippen LogP contribution in [0.25, 0.3) is 10.4 Å². The van der Waals surface area contributed by atoms with E-state index in [0.29, 0.717) is 0 Å². The first-order valence-corrected chi connectivity index (χ1v) is 6.61. The second-order valence-corrected chi connectivity index (χ2v) is 4.90. The highest BCUT2D eigenvalue weighted by Crippen LogP contribution is 2.30. The molecule has 0 bridgehead atoms. The van der Waals surface area contributed by atoms with Gasteiger partial charge in [-0.15, -0.1) is 0 Å². The number of ether oxygens (including phenoxy) is 3. The third-order valence-corrected chi connectivity index (χ3v) is 3.11. The number of azide groups is 1. The van der Waals surface area contributed by atoms with Crippen molar-refractivity contribution < 1.29 is 38.8 Å². The van der Waals surface area contributed by atoms with Gasteiger partial charge < -0.3 is 24.4 Å². The Kier molecular flexibility index (Phi) is 6.31. The third-order valence-electron chi connectivity index (χ3n) is 3.11. The summed E-state index contributed by atoms with van der Waals surface area (Å²) in [5, 5.41) is 23.4. The van der Waals surface area contributed by atoms with Gasteiger partial charge in [0.1, 0.15) is 12.1 Å². The molecule has 128 valence electrons. The summed E-state index contributed by atoms with van der Waals surface area (Å²) >= 11 is 0. The summed E-state index contributed by atoms with van der Waals surface area (Å²) in [4.78, 5) is 36.2. The molecule has 1 aliphatic rings. The minimum atomic E-state index is -1.72. The molecule has 0 amide bonds. The molecule has 1 fully saturated rings. The van der Waals surface area contributed by atoms with E-state index in [9.17, 15) is 24.6 Å². The maximum atomic E-state index is 11.3. The molecule has 1 saturated carbocycles. The average Bonchev–Trinajstić information content (AvgIpc) is 2.42. The number of aliphatic hydroxyl groups excluding tert-OH is 2. The molecule has 11 nitrogen and oxygen atoms in total. The normalized spacial score (nSPS) is 33.1. The summed E-state index contributed by atoms with van der Waals surface area (Å²) < 4.78 is 14.8. The van der Waals surface area contributed by atoms with Gasteiger partial charge in [0.2, 0.25) is 0 Å². The number of rotatable bonds is 4. The number of carbonyl (C=O) groups excluding carboxylic acids is 3. The van der Waals surface area contributed by atoms with Crippen molar-refractivity contribution >= 4 is 17.9 Å². The molecule has 0 radical (unpaired) electrons. The minimum Gasteiger partial charge on any atom is -0.458 e. The van der Waals surface area contributed by atoms with E-state index in [2.05, 4.69) is 10.0 Å². The number of hydrogen-bond donors (Lipinski definition) is 2. The Bertz CT molecular complexity index is 532. The van der Waals surface area contributed by atoms with Crippen LogP contribution in [-0.2, 0) is 28.6 Å². The van der Waals surface area contributed by atoms with Crippen molar-refractivity contribution in [2.75, 3.05) is 0 Å². The van der Waals surface area contributed by atoms with Crippen molar-refractivity contribution in [3.8, 4) is 0 Å². The Hall–Kier alpha value is -2.36. The van der Waals surface area contributed by atoms with Gasteiger partial charge in [-0.2, -0.15) is 0 Å². The first-order valence-electron chi connectivity index (χ1n) is 6.61. The molecule has 1 rings (SSSR count). The highest BCUT2D eigenvalue weighted by atomic mass is 16.6. The first kappa shape index (κ1) is 18.7. The monoisotopic (exact) mass is 331 g/mol. The zero-order chi connectivity index (χ0) is 17.7. The van der Waals surface area contributed by atoms with E-state index < -0.39 is 54.5 Å². The summed E-state index contributed by atoms with van der Waals surface area (Å²) in [6.45, 7) is 3.15. The van der Waals surface area contributed by atoms with Crippen molar-refractivity contribution in [1.29, 1.82) is 0 Å². The fourth-order valence-electron chi connectivity index (χ4n) is 2.34. The maximum Gasteiger partial charge on any atom is 0.303 e. The molecule has 0 unspecified atom stereocenters. The third kappa shape index (κ3) is 4.55. The second kappa shape index (κ2) is 7.77. The molecule has 0 aromatic rings. The zero-order valence-electron chi connectivity index (χ0n) is 12.6. The average molecular weight is 331 g/mol. The minimum absolute atomic E-state index is 0.810. The maximum absolute atomic E-state index is 11.3. The molecule has 6 atom stereocenters. The Balaban J connectivity index is 3.30. The summed E-state index contributed by atoms with van der Waals surface area (Å²) in [7, 11) is 0. The number of nitrogens with zero attached hydrogens (tertiary/aromatic N) is 3. The standard InChI is InChI=1S/C12H17N3O8/c1-4(16)21-10-7(14-15-13)8(19)9(20)11(22-5(2)17)12(10)23-6(3)18/h7-12,19-20H,1-3H3/t7-,8+,9+,10+,11-,12-/m1/s1. The summed E-state index contributed by atoms with van der Waals surface area (Å²) in [6, 6.07) is -1.44. The van der Waals surface area contributed by atoms with Crippen LogP contribution >= 0.6 is 0 Å². The van der Waals surface area contributed by atoms with Crippen molar-refractivity contribution in [2.24, 2.45) is 5.11 Å². The van der Waals surface area contributed by atoms with Crippen LogP contribution in [0.1, 0.15) is 20.8 Å². The highest BCUT2D eigenvalue weighted by Gasteiger charge is 2.54. The predicted molar refractivity (Wildman–Crippen MR) is 71.6 cm³/mol.